The lowest BCUT2D eigenvalue weighted by Crippen LogP contribution is -1.96. The minimum Gasteiger partial charge on any atom is -0.326 e. The molecule has 0 aliphatic heterocycles. The van der Waals surface area contributed by atoms with Crippen LogP contribution < -0.4 is 5.73 Å². The Balaban J connectivity index is 2.20. The maximum Gasteiger partial charge on any atom is 0.178 e. The number of nitrogens with two attached hydrogens (primary N) is 1. The summed E-state index contributed by atoms with van der Waals surface area (Å²) >= 11 is 6.62. The highest BCUT2D eigenvalue weighted by Crippen LogP contribution is 2.31. The highest BCUT2D eigenvalue weighted by atomic mass is 79.9. The van der Waals surface area contributed by atoms with E-state index in [0.29, 0.717) is 6.54 Å². The molecule has 1 aromatic carbocycles. The molecule has 1 aromatic heterocycles. The third-order valence-corrected chi connectivity index (χ3v) is 4.30. The van der Waals surface area contributed by atoms with Crippen molar-refractivity contribution in [2.75, 3.05) is 0 Å². The van der Waals surface area contributed by atoms with Crippen molar-refractivity contribution in [3.63, 3.8) is 0 Å². The van der Waals surface area contributed by atoms with Crippen molar-refractivity contribution in [2.24, 2.45) is 5.73 Å². The fourth-order valence-corrected chi connectivity index (χ4v) is 3.25. The molecule has 0 bridgehead atoms. The van der Waals surface area contributed by atoms with Crippen LogP contribution in [0.25, 0.3) is 0 Å². The van der Waals surface area contributed by atoms with Crippen molar-refractivity contribution >= 4 is 39.0 Å². The Kier molecular flexibility index (Phi) is 3.74. The maximum absolute atomic E-state index is 5.58. The first-order chi connectivity index (χ1) is 7.29. The highest BCUT2D eigenvalue weighted by molar-refractivity contribution is 9.10. The Labute approximate surface area is 104 Å². The predicted molar refractivity (Wildman–Crippen MR) is 66.1 cm³/mol. The Morgan fingerprint density at radius 2 is 2.33 bits per heavy atom. The molecule has 0 amide bonds. The van der Waals surface area contributed by atoms with E-state index >= 15 is 0 Å². The summed E-state index contributed by atoms with van der Waals surface area (Å²) in [6.45, 7) is 0.546. The van der Waals surface area contributed by atoms with Crippen LogP contribution in [-0.4, -0.2) is 10.2 Å². The quantitative estimate of drug-likeness (QED) is 0.947. The Morgan fingerprint density at radius 1 is 1.47 bits per heavy atom. The molecule has 0 fully saturated rings. The summed E-state index contributed by atoms with van der Waals surface area (Å²) in [6.07, 6.45) is 0. The average molecular weight is 302 g/mol. The van der Waals surface area contributed by atoms with Gasteiger partial charge < -0.3 is 5.73 Å². The number of hydrogen-bond donors (Lipinski definition) is 1. The molecule has 0 aliphatic rings. The van der Waals surface area contributed by atoms with Crippen LogP contribution in [-0.2, 0) is 6.54 Å². The van der Waals surface area contributed by atoms with Crippen LogP contribution in [0, 0.1) is 0 Å². The Bertz CT molecular complexity index is 445. The van der Waals surface area contributed by atoms with Gasteiger partial charge in [-0.2, -0.15) is 0 Å². The largest absolute Gasteiger partial charge is 0.326 e. The number of benzene rings is 1. The van der Waals surface area contributed by atoms with Gasteiger partial charge >= 0.3 is 0 Å². The standard InChI is InChI=1S/C9H8BrN3S2/c10-8-3-7(2-1-6(8)4-11)15-9-13-12-5-14-9/h1-3,5H,4,11H2. The fourth-order valence-electron chi connectivity index (χ4n) is 1.07. The first-order valence-electron chi connectivity index (χ1n) is 4.22. The summed E-state index contributed by atoms with van der Waals surface area (Å²) in [4.78, 5) is 1.14. The predicted octanol–water partition coefficient (Wildman–Crippen LogP) is 2.91. The lowest BCUT2D eigenvalue weighted by Gasteiger charge is -2.03. The van der Waals surface area contributed by atoms with Gasteiger partial charge in [0.15, 0.2) is 4.34 Å². The summed E-state index contributed by atoms with van der Waals surface area (Å²) < 4.78 is 1.99. The molecule has 2 aromatic rings. The van der Waals surface area contributed by atoms with Crippen molar-refractivity contribution in [2.45, 2.75) is 15.8 Å². The van der Waals surface area contributed by atoms with Gasteiger partial charge in [-0.15, -0.1) is 10.2 Å². The molecule has 0 saturated heterocycles. The van der Waals surface area contributed by atoms with Crippen molar-refractivity contribution in [1.29, 1.82) is 0 Å². The molecule has 6 heteroatoms. The van der Waals surface area contributed by atoms with Crippen LogP contribution >= 0.6 is 39.0 Å². The first-order valence-corrected chi connectivity index (χ1v) is 6.71. The second-order valence-electron chi connectivity index (χ2n) is 2.76. The van der Waals surface area contributed by atoms with Crippen LogP contribution in [0.4, 0.5) is 0 Å². The minimum absolute atomic E-state index is 0.546. The molecular formula is C9H8BrN3S2. The fraction of sp³-hybridized carbons (Fsp3) is 0.111. The van der Waals surface area contributed by atoms with Gasteiger partial charge in [0.1, 0.15) is 5.51 Å². The van der Waals surface area contributed by atoms with Gasteiger partial charge in [-0.25, -0.2) is 0 Å². The van der Waals surface area contributed by atoms with Gasteiger partial charge in [0.05, 0.1) is 0 Å². The van der Waals surface area contributed by atoms with Crippen LogP contribution in [0.15, 0.2) is 37.4 Å². The van der Waals surface area contributed by atoms with Crippen molar-refractivity contribution in [3.05, 3.63) is 33.7 Å². The molecule has 0 aliphatic carbocycles. The van der Waals surface area contributed by atoms with E-state index in [4.69, 9.17) is 5.73 Å². The first kappa shape index (κ1) is 11.1. The zero-order valence-electron chi connectivity index (χ0n) is 7.68. The number of nitrogens with zero attached hydrogens (tertiary/aromatic N) is 2. The van der Waals surface area contributed by atoms with Crippen LogP contribution in [0.3, 0.4) is 0 Å². The van der Waals surface area contributed by atoms with Crippen LogP contribution in [0.1, 0.15) is 5.56 Å². The molecule has 0 saturated carbocycles. The molecule has 0 radical (unpaired) electrons. The van der Waals surface area contributed by atoms with Gasteiger partial charge in [-0.3, -0.25) is 0 Å². The summed E-state index contributed by atoms with van der Waals surface area (Å²) in [5.74, 6) is 0. The lowest BCUT2D eigenvalue weighted by atomic mass is 10.2. The van der Waals surface area contributed by atoms with Gasteiger partial charge in [-0.1, -0.05) is 45.1 Å². The molecule has 78 valence electrons. The average Bonchev–Trinajstić information content (AvgIpc) is 2.71. The summed E-state index contributed by atoms with van der Waals surface area (Å²) in [5.41, 5.74) is 8.42. The van der Waals surface area contributed by atoms with E-state index in [1.807, 2.05) is 18.2 Å². The second kappa shape index (κ2) is 5.07. The second-order valence-corrected chi connectivity index (χ2v) is 5.77. The summed E-state index contributed by atoms with van der Waals surface area (Å²) in [5, 5.41) is 7.77. The Morgan fingerprint density at radius 3 is 2.93 bits per heavy atom. The van der Waals surface area contributed by atoms with Gasteiger partial charge in [0.25, 0.3) is 0 Å². The van der Waals surface area contributed by atoms with Crippen molar-refractivity contribution < 1.29 is 0 Å². The molecule has 0 unspecified atom stereocenters. The van der Waals surface area contributed by atoms with Crippen LogP contribution in [0.5, 0.6) is 0 Å². The number of aromatic nitrogens is 2. The zero-order valence-corrected chi connectivity index (χ0v) is 10.9. The minimum atomic E-state index is 0.546. The Hall–Kier alpha value is -0.430. The molecule has 0 atom stereocenters. The molecular weight excluding hydrogens is 294 g/mol. The van der Waals surface area contributed by atoms with Gasteiger partial charge in [0.2, 0.25) is 0 Å². The summed E-state index contributed by atoms with van der Waals surface area (Å²) in [6, 6.07) is 6.11. The monoisotopic (exact) mass is 301 g/mol. The molecule has 2 rings (SSSR count). The van der Waals surface area contributed by atoms with E-state index in [1.165, 1.54) is 11.3 Å². The molecule has 0 spiro atoms. The van der Waals surface area contributed by atoms with E-state index < -0.39 is 0 Å². The van der Waals surface area contributed by atoms with E-state index in [1.54, 1.807) is 17.3 Å². The number of halogens is 1. The number of hydrogen-bond acceptors (Lipinski definition) is 5. The van der Waals surface area contributed by atoms with Crippen molar-refractivity contribution in [1.82, 2.24) is 10.2 Å². The van der Waals surface area contributed by atoms with E-state index in [-0.39, 0.29) is 0 Å². The lowest BCUT2D eigenvalue weighted by molar-refractivity contribution is 1.01. The maximum atomic E-state index is 5.58. The smallest absolute Gasteiger partial charge is 0.178 e. The van der Waals surface area contributed by atoms with E-state index in [0.717, 1.165) is 19.3 Å². The van der Waals surface area contributed by atoms with E-state index in [2.05, 4.69) is 26.1 Å². The molecule has 1 heterocycles. The molecule has 2 N–H and O–H groups in total. The van der Waals surface area contributed by atoms with Gasteiger partial charge in [-0.05, 0) is 17.7 Å². The summed E-state index contributed by atoms with van der Waals surface area (Å²) in [7, 11) is 0. The van der Waals surface area contributed by atoms with Crippen molar-refractivity contribution in [3.8, 4) is 0 Å². The zero-order chi connectivity index (χ0) is 10.7. The normalized spacial score (nSPS) is 10.5. The van der Waals surface area contributed by atoms with Crippen LogP contribution in [0.2, 0.25) is 0 Å². The third-order valence-electron chi connectivity index (χ3n) is 1.79. The topological polar surface area (TPSA) is 51.8 Å². The van der Waals surface area contributed by atoms with E-state index in [9.17, 15) is 0 Å². The van der Waals surface area contributed by atoms with Gasteiger partial charge in [0, 0.05) is 15.9 Å². The third kappa shape index (κ3) is 2.78. The highest BCUT2D eigenvalue weighted by Gasteiger charge is 2.03. The molecule has 15 heavy (non-hydrogen) atoms. The SMILES string of the molecule is NCc1ccc(Sc2nncs2)cc1Br. The molecule has 3 nitrogen and oxygen atoms in total. The number of rotatable bonds is 3.